The van der Waals surface area contributed by atoms with Crippen molar-refractivity contribution in [3.8, 4) is 0 Å². The molecule has 0 aliphatic carbocycles. The number of aliphatic hydroxyl groups is 1. The minimum absolute atomic E-state index is 0.0265. The predicted octanol–water partition coefficient (Wildman–Crippen LogP) is 1.81. The number of nitrogens with zero attached hydrogens (tertiary/aromatic N) is 3. The number of aromatic nitrogens is 2. The number of likely N-dealkylation sites (tertiary alicyclic amines) is 1. The van der Waals surface area contributed by atoms with Gasteiger partial charge in [0.1, 0.15) is 5.69 Å². The van der Waals surface area contributed by atoms with Crippen molar-refractivity contribution in [2.45, 2.75) is 12.5 Å². The molecule has 2 aromatic rings. The first-order valence-electron chi connectivity index (χ1n) is 7.11. The number of aliphatic hydroxyl groups excluding tert-OH is 1. The van der Waals surface area contributed by atoms with Crippen LogP contribution in [0.1, 0.15) is 16.1 Å². The van der Waals surface area contributed by atoms with E-state index in [1.165, 1.54) is 6.20 Å². The molecule has 0 bridgehead atoms. The fourth-order valence-electron chi connectivity index (χ4n) is 2.71. The van der Waals surface area contributed by atoms with Crippen molar-refractivity contribution in [1.82, 2.24) is 14.9 Å². The van der Waals surface area contributed by atoms with Gasteiger partial charge in [-0.1, -0.05) is 11.6 Å². The molecule has 6 heteroatoms. The van der Waals surface area contributed by atoms with Crippen LogP contribution in [-0.4, -0.2) is 45.1 Å². The Morgan fingerprint density at radius 2 is 2.05 bits per heavy atom. The number of β-amino-alcohol motifs (C(OH)–C–C–N with tert-alkyl or cyclic N) is 1. The lowest BCUT2D eigenvalue weighted by molar-refractivity contribution is 0.0759. The predicted molar refractivity (Wildman–Crippen MR) is 82.6 cm³/mol. The van der Waals surface area contributed by atoms with E-state index in [4.69, 9.17) is 11.6 Å². The normalized spacial score (nSPS) is 21.1. The van der Waals surface area contributed by atoms with Gasteiger partial charge in [-0.2, -0.15) is 0 Å². The van der Waals surface area contributed by atoms with Gasteiger partial charge in [-0.15, -0.1) is 0 Å². The van der Waals surface area contributed by atoms with Crippen molar-refractivity contribution < 1.29 is 9.90 Å². The zero-order valence-corrected chi connectivity index (χ0v) is 12.6. The molecule has 22 heavy (non-hydrogen) atoms. The van der Waals surface area contributed by atoms with Gasteiger partial charge in [-0.05, 0) is 36.2 Å². The molecule has 0 aromatic carbocycles. The molecule has 114 valence electrons. The maximum absolute atomic E-state index is 12.4. The van der Waals surface area contributed by atoms with Gasteiger partial charge in [-0.3, -0.25) is 9.78 Å². The number of pyridine rings is 2. The molecule has 3 heterocycles. The molecule has 0 radical (unpaired) electrons. The van der Waals surface area contributed by atoms with Crippen molar-refractivity contribution in [3.63, 3.8) is 0 Å². The SMILES string of the molecule is O=C(c1ccc(Cl)cn1)N1C[C@@H](Cc2ccncc2)[C@H](O)C1. The topological polar surface area (TPSA) is 66.3 Å². The van der Waals surface area contributed by atoms with E-state index in [0.717, 1.165) is 12.0 Å². The third-order valence-corrected chi connectivity index (χ3v) is 4.11. The Hall–Kier alpha value is -1.98. The van der Waals surface area contributed by atoms with Crippen LogP contribution >= 0.6 is 11.6 Å². The Labute approximate surface area is 133 Å². The number of carbonyl (C=O) groups is 1. The average molecular weight is 318 g/mol. The molecule has 2 aromatic heterocycles. The molecule has 1 fully saturated rings. The van der Waals surface area contributed by atoms with Crippen LogP contribution in [0.5, 0.6) is 0 Å². The van der Waals surface area contributed by atoms with E-state index < -0.39 is 6.10 Å². The zero-order chi connectivity index (χ0) is 15.5. The lowest BCUT2D eigenvalue weighted by Gasteiger charge is -2.15. The molecule has 1 aliphatic rings. The summed E-state index contributed by atoms with van der Waals surface area (Å²) in [5.74, 6) is -0.147. The summed E-state index contributed by atoms with van der Waals surface area (Å²) >= 11 is 5.78. The highest BCUT2D eigenvalue weighted by atomic mass is 35.5. The number of carbonyl (C=O) groups excluding carboxylic acids is 1. The van der Waals surface area contributed by atoms with Crippen molar-refractivity contribution in [1.29, 1.82) is 0 Å². The largest absolute Gasteiger partial charge is 0.391 e. The summed E-state index contributed by atoms with van der Waals surface area (Å²) in [6.45, 7) is 0.853. The van der Waals surface area contributed by atoms with Crippen molar-refractivity contribution in [2.75, 3.05) is 13.1 Å². The number of hydrogen-bond donors (Lipinski definition) is 1. The second kappa shape index (κ2) is 6.42. The van der Waals surface area contributed by atoms with Gasteiger partial charge in [0.2, 0.25) is 0 Å². The van der Waals surface area contributed by atoms with Gasteiger partial charge in [0, 0.05) is 37.6 Å². The van der Waals surface area contributed by atoms with Gasteiger partial charge in [-0.25, -0.2) is 4.98 Å². The minimum Gasteiger partial charge on any atom is -0.391 e. The minimum atomic E-state index is -0.524. The highest BCUT2D eigenvalue weighted by Crippen LogP contribution is 2.23. The van der Waals surface area contributed by atoms with Crippen molar-refractivity contribution in [3.05, 3.63) is 59.1 Å². The third-order valence-electron chi connectivity index (χ3n) is 3.89. The summed E-state index contributed by atoms with van der Waals surface area (Å²) in [6.07, 6.45) is 5.12. The first-order chi connectivity index (χ1) is 10.6. The van der Waals surface area contributed by atoms with E-state index in [1.807, 2.05) is 12.1 Å². The van der Waals surface area contributed by atoms with Crippen LogP contribution in [-0.2, 0) is 6.42 Å². The molecule has 1 saturated heterocycles. The Balaban J connectivity index is 1.67. The smallest absolute Gasteiger partial charge is 0.272 e. The van der Waals surface area contributed by atoms with E-state index in [2.05, 4.69) is 9.97 Å². The average Bonchev–Trinajstić information content (AvgIpc) is 2.89. The highest BCUT2D eigenvalue weighted by Gasteiger charge is 2.34. The van der Waals surface area contributed by atoms with Crippen LogP contribution in [0.4, 0.5) is 0 Å². The molecule has 0 saturated carbocycles. The Morgan fingerprint density at radius 3 is 2.73 bits per heavy atom. The molecular formula is C16H16ClN3O2. The monoisotopic (exact) mass is 317 g/mol. The molecule has 0 unspecified atom stereocenters. The van der Waals surface area contributed by atoms with Crippen LogP contribution in [0.2, 0.25) is 5.02 Å². The third kappa shape index (κ3) is 3.26. The number of hydrogen-bond acceptors (Lipinski definition) is 4. The molecular weight excluding hydrogens is 302 g/mol. The molecule has 3 rings (SSSR count). The fourth-order valence-corrected chi connectivity index (χ4v) is 2.82. The first-order valence-corrected chi connectivity index (χ1v) is 7.49. The number of halogens is 1. The Morgan fingerprint density at radius 1 is 1.27 bits per heavy atom. The molecule has 5 nitrogen and oxygen atoms in total. The molecule has 2 atom stereocenters. The van der Waals surface area contributed by atoms with Crippen LogP contribution in [0.15, 0.2) is 42.9 Å². The summed E-state index contributed by atoms with van der Waals surface area (Å²) in [4.78, 5) is 22.1. The fraction of sp³-hybridized carbons (Fsp3) is 0.312. The maximum Gasteiger partial charge on any atom is 0.272 e. The van der Waals surface area contributed by atoms with Crippen molar-refractivity contribution in [2.24, 2.45) is 5.92 Å². The van der Waals surface area contributed by atoms with Crippen LogP contribution in [0, 0.1) is 5.92 Å². The maximum atomic E-state index is 12.4. The second-order valence-electron chi connectivity index (χ2n) is 5.46. The van der Waals surface area contributed by atoms with E-state index in [1.54, 1.807) is 29.4 Å². The summed E-state index contributed by atoms with van der Waals surface area (Å²) in [5, 5.41) is 10.7. The summed E-state index contributed by atoms with van der Waals surface area (Å²) in [7, 11) is 0. The van der Waals surface area contributed by atoms with Crippen molar-refractivity contribution >= 4 is 17.5 Å². The van der Waals surface area contributed by atoms with E-state index in [0.29, 0.717) is 23.8 Å². The summed E-state index contributed by atoms with van der Waals surface area (Å²) in [5.41, 5.74) is 1.46. The van der Waals surface area contributed by atoms with Gasteiger partial charge in [0.25, 0.3) is 5.91 Å². The van der Waals surface area contributed by atoms with E-state index in [-0.39, 0.29) is 11.8 Å². The van der Waals surface area contributed by atoms with Crippen LogP contribution < -0.4 is 0 Å². The van der Waals surface area contributed by atoms with E-state index in [9.17, 15) is 9.90 Å². The molecule has 1 amide bonds. The van der Waals surface area contributed by atoms with Gasteiger partial charge >= 0.3 is 0 Å². The van der Waals surface area contributed by atoms with Gasteiger partial charge < -0.3 is 10.0 Å². The van der Waals surface area contributed by atoms with Crippen LogP contribution in [0.25, 0.3) is 0 Å². The van der Waals surface area contributed by atoms with Gasteiger partial charge in [0.15, 0.2) is 0 Å². The zero-order valence-electron chi connectivity index (χ0n) is 11.9. The van der Waals surface area contributed by atoms with Gasteiger partial charge in [0.05, 0.1) is 11.1 Å². The molecule has 0 spiro atoms. The first kappa shape index (κ1) is 14.9. The van der Waals surface area contributed by atoms with E-state index >= 15 is 0 Å². The summed E-state index contributed by atoms with van der Waals surface area (Å²) in [6, 6.07) is 7.10. The molecule has 1 N–H and O–H groups in total. The Kier molecular flexibility index (Phi) is 4.36. The summed E-state index contributed by atoms with van der Waals surface area (Å²) < 4.78 is 0. The standard InChI is InChI=1S/C16H16ClN3O2/c17-13-1-2-14(19-8-13)16(22)20-9-12(15(21)10-20)7-11-3-5-18-6-4-11/h1-6,8,12,15,21H,7,9-10H2/t12-,15-/m1/s1. The Bertz CT molecular complexity index is 648. The molecule has 1 aliphatic heterocycles. The second-order valence-corrected chi connectivity index (χ2v) is 5.90. The quantitative estimate of drug-likeness (QED) is 0.937. The lowest BCUT2D eigenvalue weighted by Crippen LogP contribution is -2.30. The lowest BCUT2D eigenvalue weighted by atomic mass is 9.97. The number of rotatable bonds is 3. The van der Waals surface area contributed by atoms with Crippen LogP contribution in [0.3, 0.4) is 0 Å². The number of amides is 1. The highest BCUT2D eigenvalue weighted by molar-refractivity contribution is 6.30.